The van der Waals surface area contributed by atoms with E-state index in [1.807, 2.05) is 30.5 Å². The van der Waals surface area contributed by atoms with Gasteiger partial charge in [-0.2, -0.15) is 5.10 Å². The third-order valence-corrected chi connectivity index (χ3v) is 5.05. The molecule has 1 aromatic carbocycles. The number of methoxy groups -OCH3 is 1. The van der Waals surface area contributed by atoms with Crippen LogP contribution in [0.5, 0.6) is 5.75 Å². The molecule has 0 aliphatic carbocycles. The molecule has 3 aromatic heterocycles. The van der Waals surface area contributed by atoms with Gasteiger partial charge >= 0.3 is 0 Å². The molecule has 0 fully saturated rings. The van der Waals surface area contributed by atoms with Crippen LogP contribution in [0.3, 0.4) is 0 Å². The first-order valence-corrected chi connectivity index (χ1v) is 9.17. The first-order valence-electron chi connectivity index (χ1n) is 9.17. The number of ether oxygens (including phenoxy) is 1. The van der Waals surface area contributed by atoms with Crippen LogP contribution in [0, 0.1) is 0 Å². The average Bonchev–Trinajstić information content (AvgIpc) is 3.41. The van der Waals surface area contributed by atoms with Crippen LogP contribution >= 0.6 is 0 Å². The molecule has 4 aromatic rings. The smallest absolute Gasteiger partial charge is 0.166 e. The van der Waals surface area contributed by atoms with Crippen molar-refractivity contribution in [3.63, 3.8) is 0 Å². The minimum absolute atomic E-state index is 0.367. The lowest BCUT2D eigenvalue weighted by atomic mass is 9.97. The second kappa shape index (κ2) is 6.87. The summed E-state index contributed by atoms with van der Waals surface area (Å²) in [5.74, 6) is 0.921. The Bertz CT molecular complexity index is 1270. The van der Waals surface area contributed by atoms with Crippen LogP contribution in [0.2, 0.25) is 0 Å². The molecule has 7 heteroatoms. The average molecular weight is 382 g/mol. The van der Waals surface area contributed by atoms with Gasteiger partial charge in [0.15, 0.2) is 11.6 Å². The van der Waals surface area contributed by atoms with E-state index in [4.69, 9.17) is 15.5 Å². The largest absolute Gasteiger partial charge is 0.493 e. The third kappa shape index (κ3) is 3.02. The van der Waals surface area contributed by atoms with E-state index in [9.17, 15) is 0 Å². The molecule has 0 amide bonds. The Hall–Kier alpha value is -4.00. The standard InChI is InChI=1S/C22H18N6O/c1-29-20-9-15(11-25-22(20)23)17-10-19(27-21(17)13-4-6-24-7-5-13)14-2-3-18-16(8-14)12-26-28-18/h2-9,11-12H,10H2,1H3,(H2,23,25)(H,26,28). The number of nitrogens with zero attached hydrogens (tertiary/aromatic N) is 4. The first-order chi connectivity index (χ1) is 14.2. The highest BCUT2D eigenvalue weighted by Gasteiger charge is 2.23. The number of hydrogen-bond acceptors (Lipinski definition) is 6. The number of aliphatic imine (C=N–C) groups is 1. The van der Waals surface area contributed by atoms with Gasteiger partial charge in [-0.1, -0.05) is 6.07 Å². The van der Waals surface area contributed by atoms with Gasteiger partial charge in [0.2, 0.25) is 0 Å². The summed E-state index contributed by atoms with van der Waals surface area (Å²) in [4.78, 5) is 13.4. The summed E-state index contributed by atoms with van der Waals surface area (Å²) in [6.07, 6.45) is 7.81. The number of anilines is 1. The molecule has 0 bridgehead atoms. The highest BCUT2D eigenvalue weighted by Crippen LogP contribution is 2.38. The molecule has 7 nitrogen and oxygen atoms in total. The van der Waals surface area contributed by atoms with Crippen LogP contribution in [0.25, 0.3) is 22.2 Å². The van der Waals surface area contributed by atoms with E-state index >= 15 is 0 Å². The zero-order chi connectivity index (χ0) is 19.8. The normalized spacial score (nSPS) is 13.8. The molecule has 4 heterocycles. The molecule has 5 rings (SSSR count). The number of fused-ring (bicyclic) bond motifs is 1. The van der Waals surface area contributed by atoms with E-state index in [2.05, 4.69) is 32.3 Å². The van der Waals surface area contributed by atoms with E-state index < -0.39 is 0 Å². The second-order valence-electron chi connectivity index (χ2n) is 6.78. The maximum absolute atomic E-state index is 5.91. The van der Waals surface area contributed by atoms with Crippen LogP contribution in [-0.4, -0.2) is 33.0 Å². The summed E-state index contributed by atoms with van der Waals surface area (Å²) in [5, 5.41) is 8.14. The summed E-state index contributed by atoms with van der Waals surface area (Å²) >= 11 is 0. The summed E-state index contributed by atoms with van der Waals surface area (Å²) in [6, 6.07) is 12.0. The lowest BCUT2D eigenvalue weighted by Crippen LogP contribution is -2.00. The Kier molecular flexibility index (Phi) is 4.05. The summed E-state index contributed by atoms with van der Waals surface area (Å²) in [7, 11) is 1.59. The Morgan fingerprint density at radius 2 is 1.86 bits per heavy atom. The summed E-state index contributed by atoms with van der Waals surface area (Å²) in [5.41, 5.74) is 12.9. The van der Waals surface area contributed by atoms with Crippen molar-refractivity contribution in [2.75, 3.05) is 12.8 Å². The topological polar surface area (TPSA) is 102 Å². The van der Waals surface area contributed by atoms with Gasteiger partial charge in [0.1, 0.15) is 0 Å². The summed E-state index contributed by atoms with van der Waals surface area (Å²) in [6.45, 7) is 0. The highest BCUT2D eigenvalue weighted by atomic mass is 16.5. The SMILES string of the molecule is COc1cc(C2=C(c3ccncc3)N=C(c3ccc4[nH]ncc4c3)C2)cnc1N. The van der Waals surface area contributed by atoms with Crippen LogP contribution in [0.15, 0.2) is 66.2 Å². The van der Waals surface area contributed by atoms with Crippen molar-refractivity contribution in [2.45, 2.75) is 6.42 Å². The Balaban J connectivity index is 1.62. The number of aromatic nitrogens is 4. The maximum Gasteiger partial charge on any atom is 0.166 e. The van der Waals surface area contributed by atoms with Crippen LogP contribution in [-0.2, 0) is 0 Å². The molecule has 0 radical (unpaired) electrons. The van der Waals surface area contributed by atoms with Crippen molar-refractivity contribution in [1.29, 1.82) is 0 Å². The minimum atomic E-state index is 0.367. The van der Waals surface area contributed by atoms with Gasteiger partial charge in [0.05, 0.1) is 30.2 Å². The quantitative estimate of drug-likeness (QED) is 0.560. The number of H-pyrrole nitrogens is 1. The van der Waals surface area contributed by atoms with Crippen molar-refractivity contribution in [3.8, 4) is 5.75 Å². The number of benzene rings is 1. The van der Waals surface area contributed by atoms with E-state index in [-0.39, 0.29) is 0 Å². The molecule has 29 heavy (non-hydrogen) atoms. The number of aromatic amines is 1. The zero-order valence-electron chi connectivity index (χ0n) is 15.8. The fraction of sp³-hybridized carbons (Fsp3) is 0.0909. The van der Waals surface area contributed by atoms with Gasteiger partial charge in [-0.15, -0.1) is 0 Å². The lowest BCUT2D eigenvalue weighted by molar-refractivity contribution is 0.415. The Morgan fingerprint density at radius 1 is 1.00 bits per heavy atom. The Morgan fingerprint density at radius 3 is 2.69 bits per heavy atom. The molecule has 0 unspecified atom stereocenters. The molecule has 0 saturated heterocycles. The molecule has 3 N–H and O–H groups in total. The monoisotopic (exact) mass is 382 g/mol. The maximum atomic E-state index is 5.91. The van der Waals surface area contributed by atoms with Gasteiger partial charge < -0.3 is 10.5 Å². The van der Waals surface area contributed by atoms with Crippen LogP contribution < -0.4 is 10.5 Å². The fourth-order valence-corrected chi connectivity index (χ4v) is 3.55. The lowest BCUT2D eigenvalue weighted by Gasteiger charge is -2.10. The van der Waals surface area contributed by atoms with Crippen LogP contribution in [0.1, 0.15) is 23.1 Å². The number of rotatable bonds is 4. The van der Waals surface area contributed by atoms with E-state index in [1.165, 1.54) is 0 Å². The number of allylic oxidation sites excluding steroid dienone is 1. The van der Waals surface area contributed by atoms with Gasteiger partial charge in [-0.25, -0.2) is 4.98 Å². The molecule has 1 aliphatic heterocycles. The number of nitrogens with two attached hydrogens (primary N) is 1. The van der Waals surface area contributed by atoms with E-state index in [0.29, 0.717) is 18.0 Å². The zero-order valence-corrected chi connectivity index (χ0v) is 15.8. The molecular weight excluding hydrogens is 364 g/mol. The van der Waals surface area contributed by atoms with Crippen molar-refractivity contribution >= 4 is 33.7 Å². The van der Waals surface area contributed by atoms with E-state index in [1.54, 1.807) is 25.7 Å². The van der Waals surface area contributed by atoms with Gasteiger partial charge in [-0.3, -0.25) is 15.1 Å². The number of hydrogen-bond donors (Lipinski definition) is 2. The summed E-state index contributed by atoms with van der Waals surface area (Å²) < 4.78 is 5.37. The number of nitrogens with one attached hydrogen (secondary N) is 1. The molecule has 0 atom stereocenters. The highest BCUT2D eigenvalue weighted by molar-refractivity contribution is 6.17. The van der Waals surface area contributed by atoms with Gasteiger partial charge in [0, 0.05) is 41.5 Å². The molecule has 1 aliphatic rings. The van der Waals surface area contributed by atoms with Crippen molar-refractivity contribution in [1.82, 2.24) is 20.2 Å². The fourth-order valence-electron chi connectivity index (χ4n) is 3.55. The Labute approximate surface area is 167 Å². The molecule has 142 valence electrons. The predicted molar refractivity (Wildman–Crippen MR) is 114 cm³/mol. The van der Waals surface area contributed by atoms with Crippen molar-refractivity contribution < 1.29 is 4.74 Å². The third-order valence-electron chi connectivity index (χ3n) is 5.05. The predicted octanol–water partition coefficient (Wildman–Crippen LogP) is 3.71. The first kappa shape index (κ1) is 17.1. The molecule has 0 saturated carbocycles. The van der Waals surface area contributed by atoms with Gasteiger partial charge in [-0.05, 0) is 41.5 Å². The van der Waals surface area contributed by atoms with Crippen molar-refractivity contribution in [2.24, 2.45) is 4.99 Å². The number of pyridine rings is 2. The second-order valence-corrected chi connectivity index (χ2v) is 6.78. The van der Waals surface area contributed by atoms with Gasteiger partial charge in [0.25, 0.3) is 0 Å². The molecule has 0 spiro atoms. The van der Waals surface area contributed by atoms with E-state index in [0.717, 1.165) is 44.6 Å². The van der Waals surface area contributed by atoms with Crippen LogP contribution in [0.4, 0.5) is 5.82 Å². The minimum Gasteiger partial charge on any atom is -0.493 e. The number of nitrogen functional groups attached to an aromatic ring is 1. The molecular formula is C22H18N6O. The van der Waals surface area contributed by atoms with Crippen molar-refractivity contribution in [3.05, 3.63) is 77.9 Å².